The maximum atomic E-state index is 12.5. The van der Waals surface area contributed by atoms with E-state index in [1.54, 1.807) is 12.1 Å². The number of carbonyl (C=O) groups is 2. The average molecular weight is 363 g/mol. The minimum atomic E-state index is -1.10. The lowest BCUT2D eigenvalue weighted by Crippen LogP contribution is -2.20. The van der Waals surface area contributed by atoms with Crippen LogP contribution < -0.4 is 0 Å². The predicted molar refractivity (Wildman–Crippen MR) is 105 cm³/mol. The number of benzene rings is 1. The minimum Gasteiger partial charge on any atom is -0.478 e. The third-order valence-electron chi connectivity index (χ3n) is 4.59. The van der Waals surface area contributed by atoms with Gasteiger partial charge in [0.15, 0.2) is 0 Å². The van der Waals surface area contributed by atoms with Crippen molar-refractivity contribution in [2.45, 2.75) is 84.7 Å². The van der Waals surface area contributed by atoms with Gasteiger partial charge in [-0.15, -0.1) is 0 Å². The molecular formula is C22H34O4. The molecule has 4 nitrogen and oxygen atoms in total. The zero-order valence-electron chi connectivity index (χ0n) is 16.5. The van der Waals surface area contributed by atoms with Crippen LogP contribution in [0.25, 0.3) is 0 Å². The first-order chi connectivity index (χ1) is 12.5. The first kappa shape index (κ1) is 22.2. The van der Waals surface area contributed by atoms with Crippen LogP contribution in [0.5, 0.6) is 0 Å². The van der Waals surface area contributed by atoms with E-state index in [0.717, 1.165) is 50.9 Å². The summed E-state index contributed by atoms with van der Waals surface area (Å²) in [7, 11) is 0. The van der Waals surface area contributed by atoms with E-state index in [4.69, 9.17) is 4.74 Å². The van der Waals surface area contributed by atoms with Crippen molar-refractivity contribution < 1.29 is 19.4 Å². The van der Waals surface area contributed by atoms with E-state index in [0.29, 0.717) is 0 Å². The SMILES string of the molecule is CCCCCC(CCCCCC(C)C)OC(=O)c1ccccc1C(=O)O. The summed E-state index contributed by atoms with van der Waals surface area (Å²) in [5.74, 6) is -0.902. The Morgan fingerprint density at radius 2 is 1.50 bits per heavy atom. The second-order valence-corrected chi connectivity index (χ2v) is 7.41. The number of carboxylic acids is 1. The maximum absolute atomic E-state index is 12.5. The third kappa shape index (κ3) is 8.50. The zero-order chi connectivity index (χ0) is 19.4. The predicted octanol–water partition coefficient (Wildman–Crippen LogP) is 6.10. The topological polar surface area (TPSA) is 63.6 Å². The summed E-state index contributed by atoms with van der Waals surface area (Å²) in [5.41, 5.74) is 0.141. The highest BCUT2D eigenvalue weighted by Gasteiger charge is 2.20. The molecule has 1 rings (SSSR count). The number of esters is 1. The largest absolute Gasteiger partial charge is 0.478 e. The number of carbonyl (C=O) groups excluding carboxylic acids is 1. The van der Waals surface area contributed by atoms with E-state index in [-0.39, 0.29) is 17.2 Å². The van der Waals surface area contributed by atoms with Gasteiger partial charge in [0.1, 0.15) is 6.10 Å². The van der Waals surface area contributed by atoms with Gasteiger partial charge in [-0.3, -0.25) is 0 Å². The van der Waals surface area contributed by atoms with Gasteiger partial charge in [-0.2, -0.15) is 0 Å². The molecule has 0 aliphatic carbocycles. The summed E-state index contributed by atoms with van der Waals surface area (Å²) in [4.78, 5) is 23.8. The quantitative estimate of drug-likeness (QED) is 0.340. The lowest BCUT2D eigenvalue weighted by molar-refractivity contribution is 0.0244. The van der Waals surface area contributed by atoms with Crippen molar-refractivity contribution in [3.05, 3.63) is 35.4 Å². The standard InChI is InChI=1S/C22H34O4/c1-4-5-7-13-18(14-9-6-8-12-17(2)3)26-22(25)20-16-11-10-15-19(20)21(23)24/h10-11,15-18H,4-9,12-14H2,1-3H3,(H,23,24). The Balaban J connectivity index is 2.63. The molecular weight excluding hydrogens is 328 g/mol. The molecule has 0 amide bonds. The Kier molecular flexibility index (Phi) is 10.7. The second-order valence-electron chi connectivity index (χ2n) is 7.41. The fourth-order valence-corrected chi connectivity index (χ4v) is 3.05. The van der Waals surface area contributed by atoms with Crippen LogP contribution in [0.4, 0.5) is 0 Å². The highest BCUT2D eigenvalue weighted by Crippen LogP contribution is 2.19. The molecule has 26 heavy (non-hydrogen) atoms. The number of hydrogen-bond donors (Lipinski definition) is 1. The Morgan fingerprint density at radius 1 is 0.923 bits per heavy atom. The Hall–Kier alpha value is -1.84. The Morgan fingerprint density at radius 3 is 2.08 bits per heavy atom. The summed E-state index contributed by atoms with van der Waals surface area (Å²) < 4.78 is 5.70. The summed E-state index contributed by atoms with van der Waals surface area (Å²) in [5, 5.41) is 9.26. The van der Waals surface area contributed by atoms with E-state index in [1.165, 1.54) is 25.0 Å². The molecule has 1 aromatic carbocycles. The van der Waals surface area contributed by atoms with Crippen LogP contribution in [0.2, 0.25) is 0 Å². The maximum Gasteiger partial charge on any atom is 0.339 e. The molecule has 0 aromatic heterocycles. The van der Waals surface area contributed by atoms with Gasteiger partial charge in [0.25, 0.3) is 0 Å². The summed E-state index contributed by atoms with van der Waals surface area (Å²) in [6, 6.07) is 6.25. The van der Waals surface area contributed by atoms with Crippen molar-refractivity contribution in [2.75, 3.05) is 0 Å². The molecule has 0 heterocycles. The van der Waals surface area contributed by atoms with E-state index in [2.05, 4.69) is 20.8 Å². The van der Waals surface area contributed by atoms with Crippen LogP contribution in [-0.2, 0) is 4.74 Å². The minimum absolute atomic E-state index is 0.00161. The first-order valence-electron chi connectivity index (χ1n) is 9.99. The lowest BCUT2D eigenvalue weighted by atomic mass is 10.0. The number of rotatable bonds is 13. The Bertz CT molecular complexity index is 551. The van der Waals surface area contributed by atoms with Gasteiger partial charge in [-0.25, -0.2) is 9.59 Å². The van der Waals surface area contributed by atoms with Gasteiger partial charge >= 0.3 is 11.9 Å². The lowest BCUT2D eigenvalue weighted by Gasteiger charge is -2.18. The first-order valence-corrected chi connectivity index (χ1v) is 9.99. The molecule has 0 radical (unpaired) electrons. The van der Waals surface area contributed by atoms with Crippen molar-refractivity contribution in [1.29, 1.82) is 0 Å². The molecule has 0 saturated heterocycles. The highest BCUT2D eigenvalue weighted by atomic mass is 16.5. The van der Waals surface area contributed by atoms with E-state index >= 15 is 0 Å². The number of carboxylic acid groups (broad SMARTS) is 1. The molecule has 4 heteroatoms. The normalized spacial score (nSPS) is 12.2. The van der Waals surface area contributed by atoms with Crippen molar-refractivity contribution in [3.8, 4) is 0 Å². The van der Waals surface area contributed by atoms with Crippen LogP contribution in [0, 0.1) is 5.92 Å². The summed E-state index contributed by atoms with van der Waals surface area (Å²) in [6.07, 6.45) is 9.45. The summed E-state index contributed by atoms with van der Waals surface area (Å²) in [6.45, 7) is 6.61. The van der Waals surface area contributed by atoms with E-state index < -0.39 is 11.9 Å². The molecule has 1 N–H and O–H groups in total. The fourth-order valence-electron chi connectivity index (χ4n) is 3.05. The van der Waals surface area contributed by atoms with Gasteiger partial charge in [-0.1, -0.05) is 65.0 Å². The number of hydrogen-bond acceptors (Lipinski definition) is 3. The van der Waals surface area contributed by atoms with Crippen LogP contribution in [0.3, 0.4) is 0 Å². The molecule has 0 aliphatic heterocycles. The average Bonchev–Trinajstić information content (AvgIpc) is 2.61. The summed E-state index contributed by atoms with van der Waals surface area (Å²) >= 11 is 0. The monoisotopic (exact) mass is 362 g/mol. The van der Waals surface area contributed by atoms with Crippen molar-refractivity contribution >= 4 is 11.9 Å². The number of ether oxygens (including phenoxy) is 1. The third-order valence-corrected chi connectivity index (χ3v) is 4.59. The van der Waals surface area contributed by atoms with Crippen LogP contribution in [0.15, 0.2) is 24.3 Å². The van der Waals surface area contributed by atoms with Gasteiger partial charge in [0.05, 0.1) is 11.1 Å². The van der Waals surface area contributed by atoms with E-state index in [9.17, 15) is 14.7 Å². The Labute approximate surface area is 158 Å². The highest BCUT2D eigenvalue weighted by molar-refractivity contribution is 6.02. The number of unbranched alkanes of at least 4 members (excludes halogenated alkanes) is 4. The molecule has 0 spiro atoms. The molecule has 0 fully saturated rings. The second kappa shape index (κ2) is 12.5. The molecule has 0 saturated carbocycles. The molecule has 0 aliphatic rings. The van der Waals surface area contributed by atoms with E-state index in [1.807, 2.05) is 0 Å². The van der Waals surface area contributed by atoms with Crippen LogP contribution >= 0.6 is 0 Å². The van der Waals surface area contributed by atoms with Crippen LogP contribution in [-0.4, -0.2) is 23.1 Å². The number of aromatic carboxylic acids is 1. The zero-order valence-corrected chi connectivity index (χ0v) is 16.5. The fraction of sp³-hybridized carbons (Fsp3) is 0.636. The van der Waals surface area contributed by atoms with Gasteiger partial charge in [0, 0.05) is 0 Å². The van der Waals surface area contributed by atoms with Gasteiger partial charge in [0.2, 0.25) is 0 Å². The van der Waals surface area contributed by atoms with Crippen LogP contribution in [0.1, 0.15) is 99.3 Å². The molecule has 1 atom stereocenters. The van der Waals surface area contributed by atoms with Gasteiger partial charge < -0.3 is 9.84 Å². The van der Waals surface area contributed by atoms with Crippen molar-refractivity contribution in [2.24, 2.45) is 5.92 Å². The molecule has 1 unspecified atom stereocenters. The smallest absolute Gasteiger partial charge is 0.339 e. The van der Waals surface area contributed by atoms with Crippen molar-refractivity contribution in [3.63, 3.8) is 0 Å². The molecule has 1 aromatic rings. The molecule has 146 valence electrons. The van der Waals surface area contributed by atoms with Gasteiger partial charge in [-0.05, 0) is 43.7 Å². The van der Waals surface area contributed by atoms with Crippen molar-refractivity contribution in [1.82, 2.24) is 0 Å². The molecule has 0 bridgehead atoms.